The fourth-order valence-corrected chi connectivity index (χ4v) is 3.07. The van der Waals surface area contributed by atoms with Crippen molar-refractivity contribution < 1.29 is 32.6 Å². The lowest BCUT2D eigenvalue weighted by Gasteiger charge is -2.10. The number of rotatable bonds is 7. The highest BCUT2D eigenvalue weighted by Crippen LogP contribution is 2.32. The van der Waals surface area contributed by atoms with Crippen molar-refractivity contribution in [3.8, 4) is 11.8 Å². The molecule has 0 saturated carbocycles. The molecule has 0 bridgehead atoms. The Morgan fingerprint density at radius 1 is 1.26 bits per heavy atom. The fourth-order valence-electron chi connectivity index (χ4n) is 2.16. The predicted molar refractivity (Wildman–Crippen MR) is 91.6 cm³/mol. The molecule has 0 saturated heterocycles. The zero-order valence-electron chi connectivity index (χ0n) is 14.0. The molecule has 0 radical (unpaired) electrons. The van der Waals surface area contributed by atoms with Crippen LogP contribution >= 0.6 is 11.3 Å². The molecule has 27 heavy (non-hydrogen) atoms. The summed E-state index contributed by atoms with van der Waals surface area (Å²) in [6.07, 6.45) is 0. The molecule has 0 unspecified atom stereocenters. The molecule has 7 nitrogen and oxygen atoms in total. The van der Waals surface area contributed by atoms with Crippen LogP contribution in [0.2, 0.25) is 0 Å². The number of anilines is 1. The van der Waals surface area contributed by atoms with Crippen molar-refractivity contribution in [2.24, 2.45) is 0 Å². The first-order valence-electron chi connectivity index (χ1n) is 7.58. The Hall–Kier alpha value is -3.19. The minimum absolute atomic E-state index is 0.00651. The Morgan fingerprint density at radius 3 is 2.59 bits per heavy atom. The van der Waals surface area contributed by atoms with Gasteiger partial charge in [0.2, 0.25) is 0 Å². The molecule has 0 amide bonds. The zero-order chi connectivity index (χ0) is 20.0. The first-order chi connectivity index (χ1) is 12.9. The van der Waals surface area contributed by atoms with E-state index in [4.69, 9.17) is 15.2 Å². The molecule has 1 heterocycles. The van der Waals surface area contributed by atoms with Gasteiger partial charge in [-0.3, -0.25) is 0 Å². The summed E-state index contributed by atoms with van der Waals surface area (Å²) in [6, 6.07) is 7.15. The lowest BCUT2D eigenvalue weighted by atomic mass is 10.1. The molecule has 142 valence electrons. The van der Waals surface area contributed by atoms with Crippen LogP contribution in [0.4, 0.5) is 13.8 Å². The zero-order valence-corrected chi connectivity index (χ0v) is 14.8. The van der Waals surface area contributed by atoms with Crippen LogP contribution < -0.4 is 10.5 Å². The van der Waals surface area contributed by atoms with Gasteiger partial charge in [0.05, 0.1) is 12.2 Å². The van der Waals surface area contributed by atoms with Crippen molar-refractivity contribution in [2.75, 3.05) is 12.3 Å². The molecule has 0 aliphatic carbocycles. The normalized spacial score (nSPS) is 10.3. The van der Waals surface area contributed by atoms with E-state index in [1.54, 1.807) is 6.92 Å². The molecular formula is C17H14F2N2O5S. The molecule has 2 N–H and O–H groups in total. The fraction of sp³-hybridized carbons (Fsp3) is 0.235. The number of nitrogen functional groups attached to an aromatic ring is 1. The van der Waals surface area contributed by atoms with Crippen LogP contribution in [0.1, 0.15) is 38.1 Å². The molecule has 2 rings (SSSR count). The number of thiophene rings is 1. The van der Waals surface area contributed by atoms with Crippen molar-refractivity contribution >= 4 is 28.3 Å². The Kier molecular flexibility index (Phi) is 6.67. The van der Waals surface area contributed by atoms with Crippen molar-refractivity contribution in [1.82, 2.24) is 0 Å². The number of benzene rings is 1. The lowest BCUT2D eigenvalue weighted by molar-refractivity contribution is -0.0505. The van der Waals surface area contributed by atoms with Crippen LogP contribution in [0.5, 0.6) is 5.75 Å². The highest BCUT2D eigenvalue weighted by atomic mass is 32.1. The Labute approximate surface area is 156 Å². The van der Waals surface area contributed by atoms with E-state index in [9.17, 15) is 23.6 Å². The molecule has 0 fully saturated rings. The average Bonchev–Trinajstić information content (AvgIpc) is 2.95. The molecule has 0 aliphatic rings. The molecular weight excluding hydrogens is 382 g/mol. The standard InChI is InChI=1S/C17H14F2N2O5S/c1-2-24-16(23)13-11(10(7-20)14(21)27-13)8-25-15(22)9-5-3-4-6-12(9)26-17(18)19/h3-6,17H,2,8,21H2,1H3. The number of nitrogens with zero attached hydrogens (tertiary/aromatic N) is 1. The van der Waals surface area contributed by atoms with Gasteiger partial charge in [-0.25, -0.2) is 9.59 Å². The minimum Gasteiger partial charge on any atom is -0.462 e. The van der Waals surface area contributed by atoms with Gasteiger partial charge >= 0.3 is 18.6 Å². The van der Waals surface area contributed by atoms with E-state index in [1.807, 2.05) is 6.07 Å². The summed E-state index contributed by atoms with van der Waals surface area (Å²) in [5, 5.41) is 9.31. The third kappa shape index (κ3) is 4.71. The van der Waals surface area contributed by atoms with Crippen molar-refractivity contribution in [3.63, 3.8) is 0 Å². The van der Waals surface area contributed by atoms with Gasteiger partial charge < -0.3 is 19.9 Å². The van der Waals surface area contributed by atoms with Gasteiger partial charge in [-0.1, -0.05) is 12.1 Å². The van der Waals surface area contributed by atoms with E-state index < -0.39 is 25.2 Å². The number of esters is 2. The van der Waals surface area contributed by atoms with Crippen LogP contribution in [0, 0.1) is 11.3 Å². The van der Waals surface area contributed by atoms with Gasteiger partial charge in [-0.05, 0) is 19.1 Å². The Morgan fingerprint density at radius 2 is 1.96 bits per heavy atom. The second kappa shape index (κ2) is 8.95. The number of carbonyl (C=O) groups excluding carboxylic acids is 2. The largest absolute Gasteiger partial charge is 0.462 e. The van der Waals surface area contributed by atoms with Crippen LogP contribution in [0.3, 0.4) is 0 Å². The summed E-state index contributed by atoms with van der Waals surface area (Å²) in [5.74, 6) is -2.02. The van der Waals surface area contributed by atoms with Gasteiger partial charge in [0.15, 0.2) is 0 Å². The van der Waals surface area contributed by atoms with Crippen LogP contribution in [0.25, 0.3) is 0 Å². The first-order valence-corrected chi connectivity index (χ1v) is 8.40. The summed E-state index contributed by atoms with van der Waals surface area (Å²) in [4.78, 5) is 24.3. The molecule has 10 heteroatoms. The Balaban J connectivity index is 2.26. The topological polar surface area (TPSA) is 112 Å². The van der Waals surface area contributed by atoms with E-state index in [2.05, 4.69) is 4.74 Å². The second-order valence-corrected chi connectivity index (χ2v) is 5.98. The average molecular weight is 396 g/mol. The van der Waals surface area contributed by atoms with E-state index in [1.165, 1.54) is 24.3 Å². The number of alkyl halides is 2. The van der Waals surface area contributed by atoms with Gasteiger partial charge in [-0.15, -0.1) is 11.3 Å². The maximum Gasteiger partial charge on any atom is 0.387 e. The van der Waals surface area contributed by atoms with Crippen LogP contribution in [-0.2, 0) is 16.1 Å². The van der Waals surface area contributed by atoms with Gasteiger partial charge in [-0.2, -0.15) is 14.0 Å². The van der Waals surface area contributed by atoms with E-state index in [-0.39, 0.29) is 38.9 Å². The van der Waals surface area contributed by atoms with Crippen LogP contribution in [-0.4, -0.2) is 25.2 Å². The quantitative estimate of drug-likeness (QED) is 0.714. The molecule has 0 spiro atoms. The van der Waals surface area contributed by atoms with Crippen molar-refractivity contribution in [2.45, 2.75) is 20.1 Å². The monoisotopic (exact) mass is 396 g/mol. The number of hydrogen-bond donors (Lipinski definition) is 1. The third-order valence-corrected chi connectivity index (χ3v) is 4.32. The smallest absolute Gasteiger partial charge is 0.387 e. The number of nitriles is 1. The summed E-state index contributed by atoms with van der Waals surface area (Å²) in [7, 11) is 0. The number of ether oxygens (including phenoxy) is 3. The summed E-state index contributed by atoms with van der Waals surface area (Å²) >= 11 is 0.838. The van der Waals surface area contributed by atoms with E-state index in [0.29, 0.717) is 0 Å². The molecule has 1 aromatic carbocycles. The van der Waals surface area contributed by atoms with E-state index >= 15 is 0 Å². The molecule has 0 aliphatic heterocycles. The van der Waals surface area contributed by atoms with Crippen molar-refractivity contribution in [3.05, 3.63) is 45.8 Å². The lowest BCUT2D eigenvalue weighted by Crippen LogP contribution is -2.12. The number of para-hydroxylation sites is 1. The van der Waals surface area contributed by atoms with Crippen LogP contribution in [0.15, 0.2) is 24.3 Å². The summed E-state index contributed by atoms with van der Waals surface area (Å²) in [5.41, 5.74) is 5.59. The summed E-state index contributed by atoms with van der Waals surface area (Å²) in [6.45, 7) is -1.86. The second-order valence-electron chi connectivity index (χ2n) is 4.93. The number of halogens is 2. The predicted octanol–water partition coefficient (Wildman–Crippen LogP) is 3.34. The highest BCUT2D eigenvalue weighted by molar-refractivity contribution is 7.18. The van der Waals surface area contributed by atoms with E-state index in [0.717, 1.165) is 11.3 Å². The molecule has 2 aromatic rings. The molecule has 1 aromatic heterocycles. The van der Waals surface area contributed by atoms with Gasteiger partial charge in [0.1, 0.15) is 33.9 Å². The van der Waals surface area contributed by atoms with Gasteiger partial charge in [0, 0.05) is 5.56 Å². The third-order valence-electron chi connectivity index (χ3n) is 3.28. The maximum atomic E-state index is 12.5. The van der Waals surface area contributed by atoms with Gasteiger partial charge in [0.25, 0.3) is 0 Å². The Bertz CT molecular complexity index is 892. The minimum atomic E-state index is -3.11. The number of nitrogens with two attached hydrogens (primary N) is 1. The highest BCUT2D eigenvalue weighted by Gasteiger charge is 2.25. The first kappa shape index (κ1) is 20.1. The maximum absolute atomic E-state index is 12.5. The SMILES string of the molecule is CCOC(=O)c1sc(N)c(C#N)c1COC(=O)c1ccccc1OC(F)F. The summed E-state index contributed by atoms with van der Waals surface area (Å²) < 4.78 is 39.2. The van der Waals surface area contributed by atoms with Crippen molar-refractivity contribution in [1.29, 1.82) is 5.26 Å². The number of hydrogen-bond acceptors (Lipinski definition) is 8. The number of carbonyl (C=O) groups is 2. The molecule has 0 atom stereocenters.